The third kappa shape index (κ3) is 1.56. The first-order valence-electron chi connectivity index (χ1n) is 6.97. The molecular weight excluding hydrogens is 344 g/mol. The van der Waals surface area contributed by atoms with E-state index in [9.17, 15) is 0 Å². The standard InChI is InChI=1S/C18H11BrOS/c19-13-9-12-10-5-1-3-7-14(10)20-17(12)16-11-6-2-4-8-15(11)21-18(13)16/h1-9,12,17H. The summed E-state index contributed by atoms with van der Waals surface area (Å²) in [5.41, 5.74) is 2.63. The van der Waals surface area contributed by atoms with Gasteiger partial charge < -0.3 is 4.74 Å². The number of hydrogen-bond acceptors (Lipinski definition) is 2. The number of fused-ring (bicyclic) bond motifs is 7. The van der Waals surface area contributed by atoms with E-state index in [2.05, 4.69) is 64.5 Å². The molecule has 0 fully saturated rings. The van der Waals surface area contributed by atoms with Crippen molar-refractivity contribution in [3.8, 4) is 5.75 Å². The lowest BCUT2D eigenvalue weighted by atomic mass is 9.86. The SMILES string of the molecule is BrC1=CC2c3ccccc3OC2c2c1sc1ccccc21. The lowest BCUT2D eigenvalue weighted by Crippen LogP contribution is -2.12. The average Bonchev–Trinajstić information content (AvgIpc) is 3.06. The minimum atomic E-state index is 0.106. The molecule has 1 nitrogen and oxygen atoms in total. The Kier molecular flexibility index (Phi) is 2.41. The van der Waals surface area contributed by atoms with Gasteiger partial charge in [-0.2, -0.15) is 0 Å². The smallest absolute Gasteiger partial charge is 0.136 e. The van der Waals surface area contributed by atoms with Crippen molar-refractivity contribution in [1.29, 1.82) is 0 Å². The molecule has 1 aromatic heterocycles. The molecule has 0 radical (unpaired) electrons. The second-order valence-electron chi connectivity index (χ2n) is 5.46. The van der Waals surface area contributed by atoms with Crippen molar-refractivity contribution >= 4 is 41.8 Å². The van der Waals surface area contributed by atoms with Gasteiger partial charge >= 0.3 is 0 Å². The Labute approximate surface area is 135 Å². The summed E-state index contributed by atoms with van der Waals surface area (Å²) in [6.45, 7) is 0. The van der Waals surface area contributed by atoms with Crippen LogP contribution in [0.1, 0.15) is 28.0 Å². The molecule has 5 rings (SSSR count). The number of benzene rings is 2. The molecule has 3 heteroatoms. The fraction of sp³-hybridized carbons (Fsp3) is 0.111. The molecule has 1 aliphatic carbocycles. The maximum absolute atomic E-state index is 6.29. The molecule has 0 amide bonds. The fourth-order valence-corrected chi connectivity index (χ4v) is 5.31. The zero-order valence-corrected chi connectivity index (χ0v) is 13.4. The number of rotatable bonds is 0. The first-order chi connectivity index (χ1) is 10.3. The molecule has 2 aromatic carbocycles. The second-order valence-corrected chi connectivity index (χ2v) is 7.36. The van der Waals surface area contributed by atoms with Crippen LogP contribution in [0.3, 0.4) is 0 Å². The lowest BCUT2D eigenvalue weighted by Gasteiger charge is -2.22. The van der Waals surface area contributed by atoms with E-state index in [0.29, 0.717) is 5.92 Å². The summed E-state index contributed by atoms with van der Waals surface area (Å²) in [7, 11) is 0. The molecule has 0 bridgehead atoms. The van der Waals surface area contributed by atoms with Crippen LogP contribution in [0.4, 0.5) is 0 Å². The van der Waals surface area contributed by atoms with Crippen LogP contribution in [-0.2, 0) is 0 Å². The van der Waals surface area contributed by atoms with Crippen LogP contribution in [0.5, 0.6) is 5.75 Å². The minimum absolute atomic E-state index is 0.106. The predicted molar refractivity (Wildman–Crippen MR) is 91.3 cm³/mol. The largest absolute Gasteiger partial charge is 0.484 e. The van der Waals surface area contributed by atoms with Crippen LogP contribution in [-0.4, -0.2) is 0 Å². The van der Waals surface area contributed by atoms with Gasteiger partial charge in [-0.15, -0.1) is 11.3 Å². The maximum Gasteiger partial charge on any atom is 0.136 e. The molecule has 0 saturated heterocycles. The van der Waals surface area contributed by atoms with Crippen molar-refractivity contribution in [3.63, 3.8) is 0 Å². The zero-order valence-electron chi connectivity index (χ0n) is 11.0. The number of halogens is 1. The molecule has 2 heterocycles. The van der Waals surface area contributed by atoms with Gasteiger partial charge in [0.1, 0.15) is 11.9 Å². The highest BCUT2D eigenvalue weighted by Crippen LogP contribution is 2.56. The van der Waals surface area contributed by atoms with Crippen molar-refractivity contribution in [2.24, 2.45) is 0 Å². The lowest BCUT2D eigenvalue weighted by molar-refractivity contribution is 0.225. The highest BCUT2D eigenvalue weighted by Gasteiger charge is 2.40. The van der Waals surface area contributed by atoms with Gasteiger partial charge in [0, 0.05) is 36.5 Å². The summed E-state index contributed by atoms with van der Waals surface area (Å²) in [4.78, 5) is 1.31. The monoisotopic (exact) mass is 354 g/mol. The summed E-state index contributed by atoms with van der Waals surface area (Å²) in [6, 6.07) is 17.0. The maximum atomic E-state index is 6.29. The van der Waals surface area contributed by atoms with Crippen molar-refractivity contribution in [2.45, 2.75) is 12.0 Å². The van der Waals surface area contributed by atoms with Crippen molar-refractivity contribution in [1.82, 2.24) is 0 Å². The summed E-state index contributed by atoms with van der Waals surface area (Å²) >= 11 is 5.61. The van der Waals surface area contributed by atoms with Gasteiger partial charge in [0.2, 0.25) is 0 Å². The Balaban J connectivity index is 1.81. The summed E-state index contributed by atoms with van der Waals surface area (Å²) < 4.78 is 8.81. The van der Waals surface area contributed by atoms with E-state index in [1.165, 1.54) is 30.6 Å². The summed E-state index contributed by atoms with van der Waals surface area (Å²) in [6.07, 6.45) is 2.41. The fourth-order valence-electron chi connectivity index (χ4n) is 3.41. The molecule has 0 spiro atoms. The van der Waals surface area contributed by atoms with Crippen LogP contribution in [0.2, 0.25) is 0 Å². The van der Waals surface area contributed by atoms with E-state index in [-0.39, 0.29) is 6.10 Å². The Morgan fingerprint density at radius 2 is 1.81 bits per heavy atom. The zero-order chi connectivity index (χ0) is 14.0. The first kappa shape index (κ1) is 12.0. The van der Waals surface area contributed by atoms with Gasteiger partial charge in [0.25, 0.3) is 0 Å². The van der Waals surface area contributed by atoms with Crippen molar-refractivity contribution < 1.29 is 4.74 Å². The average molecular weight is 355 g/mol. The number of ether oxygens (including phenoxy) is 1. The Morgan fingerprint density at radius 1 is 1.00 bits per heavy atom. The van der Waals surface area contributed by atoms with E-state index in [1.807, 2.05) is 17.4 Å². The van der Waals surface area contributed by atoms with Crippen LogP contribution < -0.4 is 4.74 Å². The molecule has 2 unspecified atom stereocenters. The predicted octanol–water partition coefficient (Wildman–Crippen LogP) is 5.87. The minimum Gasteiger partial charge on any atom is -0.484 e. The van der Waals surface area contributed by atoms with E-state index in [0.717, 1.165) is 5.75 Å². The van der Waals surface area contributed by atoms with Crippen LogP contribution in [0, 0.1) is 0 Å². The molecule has 2 aliphatic rings. The number of thiophene rings is 1. The molecule has 21 heavy (non-hydrogen) atoms. The van der Waals surface area contributed by atoms with E-state index in [1.54, 1.807) is 0 Å². The molecule has 102 valence electrons. The number of para-hydroxylation sites is 1. The first-order valence-corrected chi connectivity index (χ1v) is 8.58. The van der Waals surface area contributed by atoms with Gasteiger partial charge in [-0.25, -0.2) is 0 Å². The van der Waals surface area contributed by atoms with Crippen molar-refractivity contribution in [2.75, 3.05) is 0 Å². The summed E-state index contributed by atoms with van der Waals surface area (Å²) in [5.74, 6) is 1.33. The van der Waals surface area contributed by atoms with Crippen LogP contribution >= 0.6 is 27.3 Å². The van der Waals surface area contributed by atoms with Crippen LogP contribution in [0.15, 0.2) is 54.6 Å². The molecule has 1 aliphatic heterocycles. The molecule has 0 N–H and O–H groups in total. The van der Waals surface area contributed by atoms with Crippen molar-refractivity contribution in [3.05, 3.63) is 70.6 Å². The molecule has 0 saturated carbocycles. The molecule has 3 aromatic rings. The Morgan fingerprint density at radius 3 is 2.76 bits per heavy atom. The van der Waals surface area contributed by atoms with E-state index in [4.69, 9.17) is 4.74 Å². The number of hydrogen-bond donors (Lipinski definition) is 0. The van der Waals surface area contributed by atoms with Gasteiger partial charge in [-0.1, -0.05) is 42.5 Å². The Bertz CT molecular complexity index is 908. The van der Waals surface area contributed by atoms with Crippen LogP contribution in [0.25, 0.3) is 14.6 Å². The highest BCUT2D eigenvalue weighted by molar-refractivity contribution is 9.15. The van der Waals surface area contributed by atoms with Gasteiger partial charge in [-0.05, 0) is 28.1 Å². The third-order valence-electron chi connectivity index (χ3n) is 4.32. The topological polar surface area (TPSA) is 9.23 Å². The summed E-state index contributed by atoms with van der Waals surface area (Å²) in [5, 5.41) is 1.32. The third-order valence-corrected chi connectivity index (χ3v) is 6.46. The molecular formula is C18H11BrOS. The highest BCUT2D eigenvalue weighted by atomic mass is 79.9. The van der Waals surface area contributed by atoms with Gasteiger partial charge in [-0.3, -0.25) is 0 Å². The van der Waals surface area contributed by atoms with E-state index >= 15 is 0 Å². The van der Waals surface area contributed by atoms with E-state index < -0.39 is 0 Å². The quantitative estimate of drug-likeness (QED) is 0.490. The second kappa shape index (κ2) is 4.21. The van der Waals surface area contributed by atoms with Gasteiger partial charge in [0.15, 0.2) is 0 Å². The normalized spacial score (nSPS) is 22.2. The Hall–Kier alpha value is -1.58. The van der Waals surface area contributed by atoms with Gasteiger partial charge in [0.05, 0.1) is 0 Å². The molecule has 2 atom stereocenters.